The molecule has 5 rings (SSSR count). The number of piperidine rings is 1. The molecule has 3 aromatic rings. The monoisotopic (exact) mass is 517 g/mol. The summed E-state index contributed by atoms with van der Waals surface area (Å²) >= 11 is 0. The summed E-state index contributed by atoms with van der Waals surface area (Å²) in [5.74, 6) is 1.29. The minimum atomic E-state index is -0.424. The molecule has 38 heavy (non-hydrogen) atoms. The van der Waals surface area contributed by atoms with Crippen LogP contribution in [0, 0.1) is 20.8 Å². The maximum Gasteiger partial charge on any atom is 0.330 e. The van der Waals surface area contributed by atoms with Gasteiger partial charge in [-0.1, -0.05) is 17.7 Å². The van der Waals surface area contributed by atoms with Gasteiger partial charge in [-0.05, 0) is 68.9 Å². The van der Waals surface area contributed by atoms with E-state index in [1.54, 1.807) is 19.1 Å². The average molecular weight is 518 g/mol. The molecule has 0 aliphatic carbocycles. The molecule has 2 amide bonds. The number of aromatic nitrogens is 2. The van der Waals surface area contributed by atoms with Crippen molar-refractivity contribution in [1.29, 1.82) is 0 Å². The summed E-state index contributed by atoms with van der Waals surface area (Å²) < 4.78 is 14.8. The van der Waals surface area contributed by atoms with Crippen LogP contribution >= 0.6 is 0 Å². The normalized spacial score (nSPS) is 15.7. The first-order valence-corrected chi connectivity index (χ1v) is 13.0. The molecule has 0 radical (unpaired) electrons. The number of ether oxygens (including phenoxy) is 2. The van der Waals surface area contributed by atoms with Crippen LogP contribution in [0.15, 0.2) is 40.1 Å². The molecule has 0 unspecified atom stereocenters. The number of likely N-dealkylation sites (tertiary alicyclic amines) is 1. The van der Waals surface area contributed by atoms with Crippen molar-refractivity contribution in [2.45, 2.75) is 52.6 Å². The van der Waals surface area contributed by atoms with E-state index in [0.29, 0.717) is 55.9 Å². The van der Waals surface area contributed by atoms with Gasteiger partial charge in [0.05, 0.1) is 25.6 Å². The summed E-state index contributed by atoms with van der Waals surface area (Å²) in [6.45, 7) is 7.74. The number of primary amides is 1. The lowest BCUT2D eigenvalue weighted by Gasteiger charge is -2.33. The van der Waals surface area contributed by atoms with Gasteiger partial charge in [0, 0.05) is 37.3 Å². The minimum Gasteiger partial charge on any atom is -0.493 e. The summed E-state index contributed by atoms with van der Waals surface area (Å²) in [4.78, 5) is 32.6. The number of nitrogens with zero attached hydrogens (tertiary/aromatic N) is 4. The van der Waals surface area contributed by atoms with Gasteiger partial charge in [0.15, 0.2) is 11.5 Å². The first-order chi connectivity index (χ1) is 18.2. The van der Waals surface area contributed by atoms with E-state index in [-0.39, 0.29) is 11.7 Å². The third kappa shape index (κ3) is 4.46. The smallest absolute Gasteiger partial charge is 0.330 e. The molecule has 2 aliphatic heterocycles. The average Bonchev–Trinajstić information content (AvgIpc) is 2.89. The van der Waals surface area contributed by atoms with Gasteiger partial charge in [-0.2, -0.15) is 0 Å². The maximum atomic E-state index is 14.2. The summed E-state index contributed by atoms with van der Waals surface area (Å²) in [5.41, 5.74) is 13.0. The van der Waals surface area contributed by atoms with Crippen molar-refractivity contribution in [2.75, 3.05) is 27.3 Å². The third-order valence-electron chi connectivity index (χ3n) is 7.73. The van der Waals surface area contributed by atoms with E-state index >= 15 is 0 Å². The molecule has 2 N–H and O–H groups in total. The minimum absolute atomic E-state index is 0.0903. The Labute approximate surface area is 222 Å². The van der Waals surface area contributed by atoms with Gasteiger partial charge < -0.3 is 20.1 Å². The second-order valence-electron chi connectivity index (χ2n) is 10.2. The molecule has 1 saturated heterocycles. The highest BCUT2D eigenvalue weighted by Crippen LogP contribution is 2.38. The Hall–Kier alpha value is -4.01. The van der Waals surface area contributed by atoms with Crippen molar-refractivity contribution in [3.05, 3.63) is 68.6 Å². The lowest BCUT2D eigenvalue weighted by Crippen LogP contribution is -2.48. The number of hydrogen-bond acceptors (Lipinski definition) is 5. The Morgan fingerprint density at radius 2 is 1.58 bits per heavy atom. The number of benzene rings is 2. The van der Waals surface area contributed by atoms with E-state index in [9.17, 15) is 9.59 Å². The van der Waals surface area contributed by atoms with Crippen LogP contribution in [-0.4, -0.2) is 47.4 Å². The molecule has 1 fully saturated rings. The number of nitrogens with two attached hydrogens (primary N) is 1. The van der Waals surface area contributed by atoms with Crippen LogP contribution in [0.2, 0.25) is 0 Å². The molecule has 2 aromatic carbocycles. The van der Waals surface area contributed by atoms with E-state index in [1.807, 2.05) is 41.2 Å². The van der Waals surface area contributed by atoms with Crippen LogP contribution in [-0.2, 0) is 13.0 Å². The molecule has 0 spiro atoms. The summed E-state index contributed by atoms with van der Waals surface area (Å²) in [5, 5.41) is 0. The molecule has 0 atom stereocenters. The lowest BCUT2D eigenvalue weighted by molar-refractivity contribution is 0.177. The number of aryl methyl sites for hydroxylation is 4. The van der Waals surface area contributed by atoms with E-state index in [4.69, 9.17) is 20.2 Å². The fourth-order valence-electron chi connectivity index (χ4n) is 5.88. The molecule has 9 nitrogen and oxygen atoms in total. The standard InChI is InChI=1S/C29H35N5O4/c1-17-12-18(2)27(19(3)13-17)31-26-16-23-22-15-25(38-5)24(37-4)14-20(22)6-11-33(23)29(36)34(26)21-7-9-32(10-8-21)28(30)35/h12-16,21H,6-11H2,1-5H3,(H2,30,35)/b31-26+. The Bertz CT molecular complexity index is 1520. The van der Waals surface area contributed by atoms with Crippen LogP contribution in [0.25, 0.3) is 11.3 Å². The number of rotatable bonds is 4. The van der Waals surface area contributed by atoms with Gasteiger partial charge in [0.2, 0.25) is 0 Å². The fraction of sp³-hybridized carbons (Fsp3) is 0.414. The molecule has 9 heteroatoms. The van der Waals surface area contributed by atoms with Crippen molar-refractivity contribution in [2.24, 2.45) is 10.7 Å². The van der Waals surface area contributed by atoms with Crippen molar-refractivity contribution >= 4 is 11.7 Å². The molecule has 200 valence electrons. The van der Waals surface area contributed by atoms with Crippen molar-refractivity contribution < 1.29 is 14.3 Å². The number of urea groups is 1. The van der Waals surface area contributed by atoms with E-state index in [0.717, 1.165) is 33.6 Å². The van der Waals surface area contributed by atoms with E-state index in [2.05, 4.69) is 19.1 Å². The van der Waals surface area contributed by atoms with Gasteiger partial charge in [-0.15, -0.1) is 0 Å². The van der Waals surface area contributed by atoms with Crippen molar-refractivity contribution in [1.82, 2.24) is 14.0 Å². The second-order valence-corrected chi connectivity index (χ2v) is 10.2. The van der Waals surface area contributed by atoms with Gasteiger partial charge in [0.1, 0.15) is 5.49 Å². The Morgan fingerprint density at radius 3 is 2.18 bits per heavy atom. The molecule has 1 aromatic heterocycles. The summed E-state index contributed by atoms with van der Waals surface area (Å²) in [7, 11) is 3.24. The zero-order valence-electron chi connectivity index (χ0n) is 22.7. The van der Waals surface area contributed by atoms with Crippen LogP contribution in [0.1, 0.15) is 41.1 Å². The highest BCUT2D eigenvalue weighted by atomic mass is 16.5. The second kappa shape index (κ2) is 10.0. The molecule has 2 aliphatic rings. The SMILES string of the molecule is COc1cc2c(cc1OC)-c1c/c(=N\c3c(C)cc(C)cc3C)n(C3CCN(C(N)=O)CC3)c(=O)n1CC2. The number of amides is 2. The maximum absolute atomic E-state index is 14.2. The predicted octanol–water partition coefficient (Wildman–Crippen LogP) is 3.76. The topological polar surface area (TPSA) is 104 Å². The number of carbonyl (C=O) groups excluding carboxylic acids is 1. The number of carbonyl (C=O) groups is 1. The zero-order chi connectivity index (χ0) is 27.1. The molecule has 3 heterocycles. The highest BCUT2D eigenvalue weighted by molar-refractivity contribution is 5.72. The Balaban J connectivity index is 1.75. The predicted molar refractivity (Wildman–Crippen MR) is 146 cm³/mol. The number of fused-ring (bicyclic) bond motifs is 3. The fourth-order valence-corrected chi connectivity index (χ4v) is 5.88. The van der Waals surface area contributed by atoms with Crippen LogP contribution in [0.5, 0.6) is 11.5 Å². The quantitative estimate of drug-likeness (QED) is 0.569. The van der Waals surface area contributed by atoms with Gasteiger partial charge >= 0.3 is 11.7 Å². The van der Waals surface area contributed by atoms with Crippen LogP contribution in [0.4, 0.5) is 10.5 Å². The summed E-state index contributed by atoms with van der Waals surface area (Å²) in [6.07, 6.45) is 1.98. The first kappa shape index (κ1) is 25.6. The molecular weight excluding hydrogens is 482 g/mol. The molecule has 0 saturated carbocycles. The lowest BCUT2D eigenvalue weighted by atomic mass is 9.96. The van der Waals surface area contributed by atoms with Crippen LogP contribution in [0.3, 0.4) is 0 Å². The van der Waals surface area contributed by atoms with Crippen molar-refractivity contribution in [3.8, 4) is 22.8 Å². The van der Waals surface area contributed by atoms with Crippen molar-refractivity contribution in [3.63, 3.8) is 0 Å². The number of hydrogen-bond donors (Lipinski definition) is 1. The Kier molecular flexibility index (Phi) is 6.77. The Morgan fingerprint density at radius 1 is 0.947 bits per heavy atom. The number of methoxy groups -OCH3 is 2. The van der Waals surface area contributed by atoms with Gasteiger partial charge in [-0.3, -0.25) is 9.13 Å². The molecular formula is C29H35N5O4. The first-order valence-electron chi connectivity index (χ1n) is 13.0. The largest absolute Gasteiger partial charge is 0.493 e. The highest BCUT2D eigenvalue weighted by Gasteiger charge is 2.28. The van der Waals surface area contributed by atoms with E-state index in [1.165, 1.54) is 5.56 Å². The van der Waals surface area contributed by atoms with Gasteiger partial charge in [0.25, 0.3) is 0 Å². The zero-order valence-corrected chi connectivity index (χ0v) is 22.7. The van der Waals surface area contributed by atoms with Crippen LogP contribution < -0.4 is 26.4 Å². The van der Waals surface area contributed by atoms with E-state index < -0.39 is 6.03 Å². The van der Waals surface area contributed by atoms with Gasteiger partial charge in [-0.25, -0.2) is 14.6 Å². The molecule has 0 bridgehead atoms. The third-order valence-corrected chi connectivity index (χ3v) is 7.73. The summed E-state index contributed by atoms with van der Waals surface area (Å²) in [6, 6.07) is 9.66.